The van der Waals surface area contributed by atoms with Crippen molar-refractivity contribution in [3.8, 4) is 22.1 Å². The normalized spacial score (nSPS) is 11.8. The molecule has 1 amide bonds. The average Bonchev–Trinajstić information content (AvgIpc) is 3.29. The van der Waals surface area contributed by atoms with E-state index < -0.39 is 0 Å². The number of carbonyl (C=O) groups excluding carboxylic acids is 1. The Labute approximate surface area is 155 Å². The third-order valence-corrected chi connectivity index (χ3v) is 4.98. The van der Waals surface area contributed by atoms with Crippen molar-refractivity contribution in [1.82, 2.24) is 20.1 Å². The van der Waals surface area contributed by atoms with Crippen molar-refractivity contribution < 1.29 is 14.3 Å². The summed E-state index contributed by atoms with van der Waals surface area (Å²) in [7, 11) is 5.04. The molecule has 7 nitrogen and oxygen atoms in total. The van der Waals surface area contributed by atoms with Crippen molar-refractivity contribution in [2.24, 2.45) is 7.05 Å². The van der Waals surface area contributed by atoms with Crippen molar-refractivity contribution in [3.63, 3.8) is 0 Å². The number of nitrogens with one attached hydrogen (secondary N) is 1. The number of ether oxygens (including phenoxy) is 2. The summed E-state index contributed by atoms with van der Waals surface area (Å²) in [6.45, 7) is 1.91. The van der Waals surface area contributed by atoms with Gasteiger partial charge in [-0.1, -0.05) is 0 Å². The predicted molar refractivity (Wildman–Crippen MR) is 99.7 cm³/mol. The molecule has 1 N–H and O–H groups in total. The second-order valence-corrected chi connectivity index (χ2v) is 6.77. The van der Waals surface area contributed by atoms with E-state index >= 15 is 0 Å². The molecule has 0 aliphatic rings. The molecular weight excluding hydrogens is 352 g/mol. The first kappa shape index (κ1) is 17.9. The zero-order valence-corrected chi connectivity index (χ0v) is 15.8. The van der Waals surface area contributed by atoms with Crippen molar-refractivity contribution in [2.75, 3.05) is 14.2 Å². The Hall–Kier alpha value is -2.87. The van der Waals surface area contributed by atoms with Gasteiger partial charge in [0.15, 0.2) is 0 Å². The van der Waals surface area contributed by atoms with Gasteiger partial charge in [-0.15, -0.1) is 11.3 Å². The van der Waals surface area contributed by atoms with Crippen LogP contribution in [-0.2, 0) is 7.05 Å². The molecule has 0 bridgehead atoms. The molecule has 3 aromatic rings. The first-order valence-electron chi connectivity index (χ1n) is 7.99. The number of carbonyl (C=O) groups is 1. The number of rotatable bonds is 6. The first-order chi connectivity index (χ1) is 12.5. The average molecular weight is 372 g/mol. The molecule has 0 fully saturated rings. The van der Waals surface area contributed by atoms with E-state index in [1.165, 1.54) is 11.3 Å². The van der Waals surface area contributed by atoms with E-state index in [1.54, 1.807) is 37.4 Å². The molecule has 0 unspecified atom stereocenters. The van der Waals surface area contributed by atoms with Crippen LogP contribution < -0.4 is 14.8 Å². The van der Waals surface area contributed by atoms with E-state index in [1.807, 2.05) is 32.3 Å². The molecular formula is C18H20N4O3S. The minimum atomic E-state index is -0.229. The second kappa shape index (κ2) is 7.57. The lowest BCUT2D eigenvalue weighted by Crippen LogP contribution is -2.26. The number of aryl methyl sites for hydroxylation is 1. The zero-order valence-electron chi connectivity index (χ0n) is 15.0. The number of benzene rings is 1. The van der Waals surface area contributed by atoms with Crippen LogP contribution in [0.1, 0.15) is 28.2 Å². The largest absolute Gasteiger partial charge is 0.497 e. The lowest BCUT2D eigenvalue weighted by atomic mass is 10.1. The molecule has 0 saturated carbocycles. The van der Waals surface area contributed by atoms with Crippen LogP contribution in [0.2, 0.25) is 0 Å². The molecule has 1 aromatic carbocycles. The van der Waals surface area contributed by atoms with Gasteiger partial charge in [0.1, 0.15) is 21.4 Å². The highest BCUT2D eigenvalue weighted by Crippen LogP contribution is 2.30. The Morgan fingerprint density at radius 1 is 1.27 bits per heavy atom. The highest BCUT2D eigenvalue weighted by atomic mass is 32.1. The molecule has 26 heavy (non-hydrogen) atoms. The summed E-state index contributed by atoms with van der Waals surface area (Å²) in [6, 6.07) is 5.29. The summed E-state index contributed by atoms with van der Waals surface area (Å²) in [5, 5.41) is 7.87. The Morgan fingerprint density at radius 2 is 2.08 bits per heavy atom. The van der Waals surface area contributed by atoms with Crippen molar-refractivity contribution in [1.29, 1.82) is 0 Å². The standard InChI is InChI=1S/C18H20N4O3S/c1-11(14-6-5-13(24-3)7-15(14)25-4)21-17(23)16-9-19-18(26-16)12-8-20-22(2)10-12/h5-11H,1-4H3,(H,21,23)/t11-/m1/s1. The number of amides is 1. The molecule has 0 saturated heterocycles. The van der Waals surface area contributed by atoms with Crippen LogP contribution in [0.15, 0.2) is 36.8 Å². The number of thiazole rings is 1. The smallest absolute Gasteiger partial charge is 0.263 e. The van der Waals surface area contributed by atoms with Crippen molar-refractivity contribution in [3.05, 3.63) is 47.2 Å². The maximum Gasteiger partial charge on any atom is 0.263 e. The molecule has 1 atom stereocenters. The molecule has 0 aliphatic carbocycles. The quantitative estimate of drug-likeness (QED) is 0.719. The first-order valence-corrected chi connectivity index (χ1v) is 8.81. The zero-order chi connectivity index (χ0) is 18.7. The maximum atomic E-state index is 12.6. The van der Waals surface area contributed by atoms with Gasteiger partial charge in [0.2, 0.25) is 0 Å². The lowest BCUT2D eigenvalue weighted by molar-refractivity contribution is 0.0943. The second-order valence-electron chi connectivity index (χ2n) is 5.74. The van der Waals surface area contributed by atoms with Gasteiger partial charge in [0.25, 0.3) is 5.91 Å². The van der Waals surface area contributed by atoms with Gasteiger partial charge >= 0.3 is 0 Å². The van der Waals surface area contributed by atoms with Crippen LogP contribution in [-0.4, -0.2) is 34.9 Å². The highest BCUT2D eigenvalue weighted by Gasteiger charge is 2.18. The summed E-state index contributed by atoms with van der Waals surface area (Å²) in [6.07, 6.45) is 5.18. The van der Waals surface area contributed by atoms with Gasteiger partial charge < -0.3 is 14.8 Å². The Balaban J connectivity index is 1.75. The fraction of sp³-hybridized carbons (Fsp3) is 0.278. The molecule has 136 valence electrons. The van der Waals surface area contributed by atoms with Crippen LogP contribution in [0.3, 0.4) is 0 Å². The van der Waals surface area contributed by atoms with Gasteiger partial charge in [0.05, 0.1) is 32.7 Å². The van der Waals surface area contributed by atoms with Crippen molar-refractivity contribution in [2.45, 2.75) is 13.0 Å². The van der Waals surface area contributed by atoms with Gasteiger partial charge in [-0.2, -0.15) is 5.10 Å². The van der Waals surface area contributed by atoms with E-state index in [-0.39, 0.29) is 11.9 Å². The maximum absolute atomic E-state index is 12.6. The Morgan fingerprint density at radius 3 is 2.73 bits per heavy atom. The Kier molecular flexibility index (Phi) is 5.22. The third kappa shape index (κ3) is 3.70. The van der Waals surface area contributed by atoms with Crippen LogP contribution in [0.5, 0.6) is 11.5 Å². The molecule has 2 aromatic heterocycles. The van der Waals surface area contributed by atoms with Crippen LogP contribution in [0.4, 0.5) is 0 Å². The van der Waals surface area contributed by atoms with Crippen molar-refractivity contribution >= 4 is 17.2 Å². The molecule has 0 aliphatic heterocycles. The summed E-state index contributed by atoms with van der Waals surface area (Å²) in [4.78, 5) is 17.4. The number of aromatic nitrogens is 3. The van der Waals surface area contributed by atoms with E-state index in [0.717, 1.165) is 16.1 Å². The monoisotopic (exact) mass is 372 g/mol. The lowest BCUT2D eigenvalue weighted by Gasteiger charge is -2.17. The van der Waals surface area contributed by atoms with Crippen LogP contribution >= 0.6 is 11.3 Å². The van der Waals surface area contributed by atoms with E-state index in [9.17, 15) is 4.79 Å². The topological polar surface area (TPSA) is 78.3 Å². The minimum absolute atomic E-state index is 0.178. The SMILES string of the molecule is COc1ccc([C@@H](C)NC(=O)c2cnc(-c3cnn(C)c3)s2)c(OC)c1. The molecule has 0 radical (unpaired) electrons. The van der Waals surface area contributed by atoms with E-state index in [0.29, 0.717) is 16.4 Å². The summed E-state index contributed by atoms with van der Waals surface area (Å²) in [5.41, 5.74) is 1.76. The Bertz CT molecular complexity index is 919. The molecule has 2 heterocycles. The third-order valence-electron chi connectivity index (χ3n) is 3.94. The number of hydrogen-bond donors (Lipinski definition) is 1. The predicted octanol–water partition coefficient (Wildman–Crippen LogP) is 3.05. The number of nitrogens with zero attached hydrogens (tertiary/aromatic N) is 3. The van der Waals surface area contributed by atoms with Gasteiger partial charge in [-0.25, -0.2) is 4.98 Å². The number of methoxy groups -OCH3 is 2. The van der Waals surface area contributed by atoms with Gasteiger partial charge in [0, 0.05) is 30.4 Å². The van der Waals surface area contributed by atoms with Crippen LogP contribution in [0, 0.1) is 0 Å². The van der Waals surface area contributed by atoms with E-state index in [2.05, 4.69) is 15.4 Å². The fourth-order valence-corrected chi connectivity index (χ4v) is 3.36. The van der Waals surface area contributed by atoms with Gasteiger partial charge in [-0.3, -0.25) is 9.48 Å². The van der Waals surface area contributed by atoms with Crippen LogP contribution in [0.25, 0.3) is 10.6 Å². The molecule has 0 spiro atoms. The summed E-state index contributed by atoms with van der Waals surface area (Å²) in [5.74, 6) is 1.19. The van der Waals surface area contributed by atoms with Gasteiger partial charge in [-0.05, 0) is 19.1 Å². The molecule has 3 rings (SSSR count). The minimum Gasteiger partial charge on any atom is -0.497 e. The number of hydrogen-bond acceptors (Lipinski definition) is 6. The summed E-state index contributed by atoms with van der Waals surface area (Å²) < 4.78 is 12.3. The summed E-state index contributed by atoms with van der Waals surface area (Å²) >= 11 is 1.33. The molecule has 8 heteroatoms. The van der Waals surface area contributed by atoms with E-state index in [4.69, 9.17) is 9.47 Å². The fourth-order valence-electron chi connectivity index (χ4n) is 2.57. The highest BCUT2D eigenvalue weighted by molar-refractivity contribution is 7.16.